The average Bonchev–Trinajstić information content (AvgIpc) is 3.82. The van der Waals surface area contributed by atoms with Crippen molar-refractivity contribution < 1.29 is 0 Å². The molecule has 0 aliphatic heterocycles. The molecular weight excluding hydrogens is 831 g/mol. The van der Waals surface area contributed by atoms with E-state index in [2.05, 4.69) is 259 Å². The van der Waals surface area contributed by atoms with E-state index in [1.165, 1.54) is 130 Å². The predicted octanol–water partition coefficient (Wildman–Crippen LogP) is 19.3. The van der Waals surface area contributed by atoms with Crippen LogP contribution in [0.4, 0.5) is 0 Å². The van der Waals surface area contributed by atoms with Gasteiger partial charge in [0, 0.05) is 21.9 Å². The lowest BCUT2D eigenvalue weighted by Gasteiger charge is -2.22. The molecule has 1 aromatic heterocycles. The van der Waals surface area contributed by atoms with Crippen molar-refractivity contribution in [1.29, 1.82) is 0 Å². The molecule has 1 heteroatoms. The van der Waals surface area contributed by atoms with Gasteiger partial charge in [0.25, 0.3) is 0 Å². The second-order valence-electron chi connectivity index (χ2n) is 20.3. The molecule has 0 amide bonds. The number of hydrogen-bond acceptors (Lipinski definition) is 0. The maximum absolute atomic E-state index is 2.45. The van der Waals surface area contributed by atoms with Crippen LogP contribution >= 0.6 is 0 Å². The molecule has 1 heterocycles. The van der Waals surface area contributed by atoms with Crippen LogP contribution in [-0.2, 0) is 5.41 Å². The van der Waals surface area contributed by atoms with Gasteiger partial charge in [-0.25, -0.2) is 0 Å². The summed E-state index contributed by atoms with van der Waals surface area (Å²) in [5, 5.41) is 5.23. The number of aryl methyl sites for hydroxylation is 2. The van der Waals surface area contributed by atoms with Crippen LogP contribution < -0.4 is 0 Å². The monoisotopic (exact) mass is 896 g/mol. The first-order chi connectivity index (χ1) is 33.5. The lowest BCUT2D eigenvalue weighted by molar-refractivity contribution is 0.660. The first-order valence-corrected chi connectivity index (χ1v) is 25.3. The maximum atomic E-state index is 2.45. The summed E-state index contributed by atoms with van der Waals surface area (Å²) < 4.78 is 2.45. The van der Waals surface area contributed by atoms with Gasteiger partial charge in [0.2, 0.25) is 0 Å². The molecule has 0 radical (unpaired) electrons. The fraction of sp³-hybridized carbons (Fsp3) is 0.206. The van der Waals surface area contributed by atoms with Crippen LogP contribution in [-0.4, -0.2) is 4.57 Å². The van der Waals surface area contributed by atoms with Gasteiger partial charge in [-0.15, -0.1) is 0 Å². The summed E-state index contributed by atoms with van der Waals surface area (Å²) >= 11 is 0. The lowest BCUT2D eigenvalue weighted by atomic mass is 9.81. The Labute approximate surface area is 410 Å². The third-order valence-corrected chi connectivity index (χ3v) is 14.6. The number of nitrogens with zero attached hydrogens (tertiary/aromatic N) is 1. The molecule has 3 aliphatic carbocycles. The van der Waals surface area contributed by atoms with E-state index in [1.807, 2.05) is 0 Å². The van der Waals surface area contributed by atoms with E-state index < -0.39 is 0 Å². The molecule has 0 N–H and O–H groups in total. The highest BCUT2D eigenvalue weighted by Gasteiger charge is 2.35. The van der Waals surface area contributed by atoms with Crippen molar-refractivity contribution in [1.82, 2.24) is 4.57 Å². The van der Waals surface area contributed by atoms with E-state index in [0.717, 1.165) is 12.3 Å². The highest BCUT2D eigenvalue weighted by atomic mass is 15.0. The van der Waals surface area contributed by atoms with Crippen LogP contribution in [0.15, 0.2) is 212 Å². The van der Waals surface area contributed by atoms with Crippen molar-refractivity contribution in [2.45, 2.75) is 79.6 Å². The molecule has 12 rings (SSSR count). The Morgan fingerprint density at radius 3 is 1.83 bits per heavy atom. The summed E-state index contributed by atoms with van der Waals surface area (Å²) in [6.45, 7) is 15.8. The van der Waals surface area contributed by atoms with E-state index >= 15 is 0 Å². The Morgan fingerprint density at radius 2 is 1.12 bits per heavy atom. The van der Waals surface area contributed by atoms with Crippen LogP contribution in [0.25, 0.3) is 82.8 Å². The quantitative estimate of drug-likeness (QED) is 0.157. The van der Waals surface area contributed by atoms with E-state index in [1.54, 1.807) is 0 Å². The Kier molecular flexibility index (Phi) is 12.8. The van der Waals surface area contributed by atoms with Crippen molar-refractivity contribution in [3.05, 3.63) is 234 Å². The SMILES string of the molecule is CCCC1=CC(C)CC=C1.Cc1ccc(-c2ccc(-c3ccc4c(c3)c3c5ccccc5ccc3n4C3=CCC(C)C=C3)cc2)cc1.Cc1ccc2c(c1)C(C)(C)c1cc(-c3ccccc3)ccc1-2. The largest absolute Gasteiger partial charge is 0.310 e. The van der Waals surface area contributed by atoms with Gasteiger partial charge in [0.05, 0.1) is 11.0 Å². The van der Waals surface area contributed by atoms with E-state index in [-0.39, 0.29) is 5.41 Å². The fourth-order valence-corrected chi connectivity index (χ4v) is 10.8. The first kappa shape index (κ1) is 45.6. The number of fused-ring (bicyclic) bond motifs is 8. The molecule has 0 fully saturated rings. The minimum atomic E-state index is 0.0709. The fourth-order valence-electron chi connectivity index (χ4n) is 10.8. The molecular formula is C68H65N. The van der Waals surface area contributed by atoms with Gasteiger partial charge >= 0.3 is 0 Å². The van der Waals surface area contributed by atoms with E-state index in [9.17, 15) is 0 Å². The van der Waals surface area contributed by atoms with Gasteiger partial charge in [-0.2, -0.15) is 0 Å². The third kappa shape index (κ3) is 9.24. The van der Waals surface area contributed by atoms with E-state index in [0.29, 0.717) is 5.92 Å². The summed E-state index contributed by atoms with van der Waals surface area (Å²) in [5.74, 6) is 1.36. The van der Waals surface area contributed by atoms with Crippen molar-refractivity contribution in [3.63, 3.8) is 0 Å². The van der Waals surface area contributed by atoms with Gasteiger partial charge in [0.1, 0.15) is 0 Å². The zero-order valence-electron chi connectivity index (χ0n) is 41.6. The summed E-state index contributed by atoms with van der Waals surface area (Å²) in [5.41, 5.74) is 21.3. The molecule has 0 saturated heterocycles. The smallest absolute Gasteiger partial charge is 0.0547 e. The second-order valence-corrected chi connectivity index (χ2v) is 20.3. The van der Waals surface area contributed by atoms with Crippen molar-refractivity contribution in [3.8, 4) is 44.5 Å². The number of rotatable bonds is 6. The number of benzene rings is 8. The summed E-state index contributed by atoms with van der Waals surface area (Å²) in [6.07, 6.45) is 18.8. The van der Waals surface area contributed by atoms with Crippen molar-refractivity contribution in [2.24, 2.45) is 11.8 Å². The molecule has 2 unspecified atom stereocenters. The normalized spacial score (nSPS) is 16.5. The van der Waals surface area contributed by atoms with Gasteiger partial charge < -0.3 is 4.57 Å². The molecule has 0 saturated carbocycles. The average molecular weight is 896 g/mol. The topological polar surface area (TPSA) is 4.93 Å². The Balaban J connectivity index is 0.000000145. The molecule has 3 aliphatic rings. The molecule has 69 heavy (non-hydrogen) atoms. The minimum Gasteiger partial charge on any atom is -0.310 e. The maximum Gasteiger partial charge on any atom is 0.0547 e. The minimum absolute atomic E-state index is 0.0709. The zero-order valence-corrected chi connectivity index (χ0v) is 41.6. The Morgan fingerprint density at radius 1 is 0.522 bits per heavy atom. The van der Waals surface area contributed by atoms with Gasteiger partial charge in [-0.05, 0) is 142 Å². The Hall–Kier alpha value is -7.22. The Bertz CT molecular complexity index is 3440. The van der Waals surface area contributed by atoms with Crippen molar-refractivity contribution in [2.75, 3.05) is 0 Å². The summed E-state index contributed by atoms with van der Waals surface area (Å²) in [4.78, 5) is 0. The van der Waals surface area contributed by atoms with Gasteiger partial charge in [-0.1, -0.05) is 234 Å². The van der Waals surface area contributed by atoms with Crippen LogP contribution in [0.1, 0.15) is 82.6 Å². The lowest BCUT2D eigenvalue weighted by Crippen LogP contribution is -2.15. The molecule has 1 nitrogen and oxygen atoms in total. The molecule has 2 atom stereocenters. The zero-order chi connectivity index (χ0) is 47.6. The standard InChI is InChI=1S/C36H29N.C22H20.C10H16/c1-24-7-11-26(12-8-24)27-13-15-28(16-14-27)30-18-21-34-33(23-30)36-32-6-4-3-5-29(32)17-22-35(36)37(34)31-19-9-25(2)10-20-31;1-15-9-11-18-19-12-10-17(16-7-5-4-6-8-16)14-21(19)22(2,3)20(18)13-15;1-3-5-10-7-4-6-9(2)8-10/h3-9,11-23,25H,10H2,1-2H3;4-14H,1-3H3;4,7-9H,3,5-6H2,1-2H3. The number of allylic oxidation sites excluding steroid dienone is 8. The molecule has 9 aromatic rings. The number of aromatic nitrogens is 1. The van der Waals surface area contributed by atoms with Gasteiger partial charge in [0.15, 0.2) is 0 Å². The molecule has 342 valence electrons. The molecule has 0 spiro atoms. The second kappa shape index (κ2) is 19.4. The number of hydrogen-bond donors (Lipinski definition) is 0. The third-order valence-electron chi connectivity index (χ3n) is 14.6. The van der Waals surface area contributed by atoms with Crippen molar-refractivity contribution >= 4 is 38.3 Å². The van der Waals surface area contributed by atoms with Crippen LogP contribution in [0, 0.1) is 25.7 Å². The summed E-state index contributed by atoms with van der Waals surface area (Å²) in [6, 6.07) is 62.4. The van der Waals surface area contributed by atoms with Crippen LogP contribution in [0.2, 0.25) is 0 Å². The molecule has 8 aromatic carbocycles. The molecule has 0 bridgehead atoms. The highest BCUT2D eigenvalue weighted by Crippen LogP contribution is 2.50. The summed E-state index contributed by atoms with van der Waals surface area (Å²) in [7, 11) is 0. The van der Waals surface area contributed by atoms with Crippen LogP contribution in [0.5, 0.6) is 0 Å². The van der Waals surface area contributed by atoms with Crippen LogP contribution in [0.3, 0.4) is 0 Å². The van der Waals surface area contributed by atoms with Gasteiger partial charge in [-0.3, -0.25) is 0 Å². The highest BCUT2D eigenvalue weighted by molar-refractivity contribution is 6.22. The van der Waals surface area contributed by atoms with E-state index in [4.69, 9.17) is 0 Å². The predicted molar refractivity (Wildman–Crippen MR) is 300 cm³/mol. The first-order valence-electron chi connectivity index (χ1n) is 25.3.